The van der Waals surface area contributed by atoms with Gasteiger partial charge in [-0.1, -0.05) is 6.07 Å². The molecule has 14 heavy (non-hydrogen) atoms. The smallest absolute Gasteiger partial charge is 0.347 e. The van der Waals surface area contributed by atoms with E-state index in [2.05, 4.69) is 35.2 Å². The summed E-state index contributed by atoms with van der Waals surface area (Å²) in [6, 6.07) is 5.66. The van der Waals surface area contributed by atoms with Crippen LogP contribution in [0.25, 0.3) is 10.1 Å². The Morgan fingerprint density at radius 2 is 2.21 bits per heavy atom. The molecule has 1 N–H and O–H groups in total. The fourth-order valence-corrected chi connectivity index (χ4v) is 4.12. The summed E-state index contributed by atoms with van der Waals surface area (Å²) >= 11 is 7.66. The summed E-state index contributed by atoms with van der Waals surface area (Å²) < 4.78 is 1.75. The second-order valence-electron chi connectivity index (χ2n) is 2.70. The van der Waals surface area contributed by atoms with E-state index in [0.717, 1.165) is 18.6 Å². The summed E-state index contributed by atoms with van der Waals surface area (Å²) in [4.78, 5) is 12.1. The highest BCUT2D eigenvalue weighted by Gasteiger charge is 2.16. The third kappa shape index (κ3) is 1.53. The first-order valence-corrected chi connectivity index (χ1v) is 6.09. The maximum atomic E-state index is 10.9. The van der Waals surface area contributed by atoms with E-state index in [-0.39, 0.29) is 0 Å². The summed E-state index contributed by atoms with van der Waals surface area (Å²) in [6.07, 6.45) is 0. The van der Waals surface area contributed by atoms with Gasteiger partial charge in [0, 0.05) is 18.6 Å². The maximum Gasteiger partial charge on any atom is 0.347 e. The van der Waals surface area contributed by atoms with Crippen molar-refractivity contribution >= 4 is 62.6 Å². The van der Waals surface area contributed by atoms with E-state index in [4.69, 9.17) is 5.11 Å². The van der Waals surface area contributed by atoms with Crippen molar-refractivity contribution in [3.8, 4) is 0 Å². The SMILES string of the molecule is O=C(O)c1sc2cccc(S)c2c1I. The Morgan fingerprint density at radius 3 is 2.79 bits per heavy atom. The molecule has 0 unspecified atom stereocenters. The van der Waals surface area contributed by atoms with Gasteiger partial charge < -0.3 is 5.11 Å². The van der Waals surface area contributed by atoms with Crippen molar-refractivity contribution in [1.82, 2.24) is 0 Å². The summed E-state index contributed by atoms with van der Waals surface area (Å²) in [5.74, 6) is -0.872. The number of thiophene rings is 1. The first-order chi connectivity index (χ1) is 6.61. The molecule has 0 amide bonds. The quantitative estimate of drug-likeness (QED) is 0.618. The molecule has 0 aliphatic carbocycles. The van der Waals surface area contributed by atoms with Gasteiger partial charge in [0.05, 0.1) is 0 Å². The molecule has 0 radical (unpaired) electrons. The lowest BCUT2D eigenvalue weighted by atomic mass is 10.2. The number of aromatic carboxylic acids is 1. The van der Waals surface area contributed by atoms with Crippen molar-refractivity contribution in [3.05, 3.63) is 26.6 Å². The lowest BCUT2D eigenvalue weighted by molar-refractivity contribution is 0.0701. The fraction of sp³-hybridized carbons (Fsp3) is 0. The fourth-order valence-electron chi connectivity index (χ4n) is 1.23. The Hall–Kier alpha value is -0.270. The van der Waals surface area contributed by atoms with E-state index in [9.17, 15) is 4.79 Å². The van der Waals surface area contributed by atoms with E-state index in [1.54, 1.807) is 0 Å². The highest BCUT2D eigenvalue weighted by molar-refractivity contribution is 14.1. The standard InChI is InChI=1S/C9H5IO2S2/c10-7-6-4(13)2-1-3-5(6)14-8(7)9(11)12/h1-3,13H,(H,11,12). The Kier molecular flexibility index (Phi) is 2.72. The van der Waals surface area contributed by atoms with Gasteiger partial charge in [-0.15, -0.1) is 24.0 Å². The number of rotatable bonds is 1. The van der Waals surface area contributed by atoms with Gasteiger partial charge in [-0.3, -0.25) is 0 Å². The average Bonchev–Trinajstić information content (AvgIpc) is 2.45. The molecular formula is C9H5IO2S2. The third-order valence-corrected chi connectivity index (χ3v) is 4.79. The molecule has 0 aliphatic rings. The van der Waals surface area contributed by atoms with Gasteiger partial charge in [-0.2, -0.15) is 0 Å². The number of halogens is 1. The monoisotopic (exact) mass is 336 g/mol. The van der Waals surface area contributed by atoms with Gasteiger partial charge >= 0.3 is 5.97 Å². The molecule has 0 atom stereocenters. The number of carbonyl (C=O) groups is 1. The molecule has 2 nitrogen and oxygen atoms in total. The minimum Gasteiger partial charge on any atom is -0.477 e. The van der Waals surface area contributed by atoms with Crippen LogP contribution in [0.5, 0.6) is 0 Å². The number of benzene rings is 1. The zero-order valence-electron chi connectivity index (χ0n) is 6.82. The first-order valence-electron chi connectivity index (χ1n) is 3.74. The van der Waals surface area contributed by atoms with E-state index in [0.29, 0.717) is 4.88 Å². The molecule has 1 heterocycles. The van der Waals surface area contributed by atoms with Crippen LogP contribution in [0.2, 0.25) is 0 Å². The lowest BCUT2D eigenvalue weighted by Crippen LogP contribution is -1.93. The van der Waals surface area contributed by atoms with Crippen molar-refractivity contribution < 1.29 is 9.90 Å². The predicted octanol–water partition coefficient (Wildman–Crippen LogP) is 3.49. The molecule has 72 valence electrons. The Bertz CT molecular complexity index is 519. The predicted molar refractivity (Wildman–Crippen MR) is 68.8 cm³/mol. The molecule has 0 aliphatic heterocycles. The summed E-state index contributed by atoms with van der Waals surface area (Å²) in [7, 11) is 0. The number of hydrogen-bond acceptors (Lipinski definition) is 3. The number of fused-ring (bicyclic) bond motifs is 1. The zero-order chi connectivity index (χ0) is 10.3. The second-order valence-corrected chi connectivity index (χ2v) is 5.31. The van der Waals surface area contributed by atoms with Crippen molar-refractivity contribution in [2.75, 3.05) is 0 Å². The molecule has 0 saturated heterocycles. The second kappa shape index (κ2) is 3.71. The molecule has 1 aromatic heterocycles. The van der Waals surface area contributed by atoms with Crippen LogP contribution in [0.1, 0.15) is 9.67 Å². The Morgan fingerprint density at radius 1 is 1.50 bits per heavy atom. The Labute approximate surface area is 103 Å². The summed E-state index contributed by atoms with van der Waals surface area (Å²) in [5.41, 5.74) is 0. The molecule has 2 aromatic rings. The minimum absolute atomic E-state index is 0.391. The summed E-state index contributed by atoms with van der Waals surface area (Å²) in [6.45, 7) is 0. The van der Waals surface area contributed by atoms with Crippen molar-refractivity contribution in [2.24, 2.45) is 0 Å². The van der Waals surface area contributed by atoms with Crippen LogP contribution in [0, 0.1) is 3.57 Å². The van der Waals surface area contributed by atoms with E-state index in [1.165, 1.54) is 11.3 Å². The van der Waals surface area contributed by atoms with Gasteiger partial charge in [0.15, 0.2) is 0 Å². The molecular weight excluding hydrogens is 331 g/mol. The third-order valence-electron chi connectivity index (χ3n) is 1.83. The number of carboxylic acid groups (broad SMARTS) is 1. The normalized spacial score (nSPS) is 10.7. The molecule has 0 fully saturated rings. The number of thiol groups is 1. The summed E-state index contributed by atoms with van der Waals surface area (Å²) in [5, 5.41) is 9.88. The molecule has 0 bridgehead atoms. The van der Waals surface area contributed by atoms with Crippen LogP contribution in [0.15, 0.2) is 23.1 Å². The molecule has 5 heteroatoms. The molecule has 2 rings (SSSR count). The molecule has 0 spiro atoms. The van der Waals surface area contributed by atoms with Crippen LogP contribution >= 0.6 is 46.6 Å². The van der Waals surface area contributed by atoms with Crippen LogP contribution in [0.4, 0.5) is 0 Å². The van der Waals surface area contributed by atoms with Crippen LogP contribution < -0.4 is 0 Å². The Balaban J connectivity index is 2.87. The van der Waals surface area contributed by atoms with Crippen LogP contribution in [0.3, 0.4) is 0 Å². The van der Waals surface area contributed by atoms with Crippen LogP contribution in [-0.2, 0) is 0 Å². The molecule has 1 aromatic carbocycles. The largest absolute Gasteiger partial charge is 0.477 e. The van der Waals surface area contributed by atoms with Crippen molar-refractivity contribution in [2.45, 2.75) is 4.90 Å². The minimum atomic E-state index is -0.872. The number of carboxylic acids is 1. The van der Waals surface area contributed by atoms with Gasteiger partial charge in [-0.05, 0) is 34.7 Å². The van der Waals surface area contributed by atoms with Gasteiger partial charge in [0.2, 0.25) is 0 Å². The highest BCUT2D eigenvalue weighted by atomic mass is 127. The average molecular weight is 336 g/mol. The number of hydrogen-bond donors (Lipinski definition) is 2. The topological polar surface area (TPSA) is 37.3 Å². The maximum absolute atomic E-state index is 10.9. The van der Waals surface area contributed by atoms with Gasteiger partial charge in [0.1, 0.15) is 4.88 Å². The zero-order valence-corrected chi connectivity index (χ0v) is 10.7. The van der Waals surface area contributed by atoms with E-state index in [1.807, 2.05) is 18.2 Å². The van der Waals surface area contributed by atoms with E-state index < -0.39 is 5.97 Å². The first kappa shape index (κ1) is 10.3. The van der Waals surface area contributed by atoms with Crippen molar-refractivity contribution in [3.63, 3.8) is 0 Å². The van der Waals surface area contributed by atoms with Crippen molar-refractivity contribution in [1.29, 1.82) is 0 Å². The lowest BCUT2D eigenvalue weighted by Gasteiger charge is -1.94. The van der Waals surface area contributed by atoms with Gasteiger partial charge in [-0.25, -0.2) is 4.79 Å². The van der Waals surface area contributed by atoms with E-state index >= 15 is 0 Å². The van der Waals surface area contributed by atoms with Gasteiger partial charge in [0.25, 0.3) is 0 Å². The highest BCUT2D eigenvalue weighted by Crippen LogP contribution is 2.35. The van der Waals surface area contributed by atoms with Crippen LogP contribution in [-0.4, -0.2) is 11.1 Å². The molecule has 0 saturated carbocycles.